The van der Waals surface area contributed by atoms with Crippen LogP contribution in [0.15, 0.2) is 17.0 Å². The molecule has 5 nitrogen and oxygen atoms in total. The van der Waals surface area contributed by atoms with Crippen molar-refractivity contribution < 1.29 is 13.2 Å². The van der Waals surface area contributed by atoms with Crippen LogP contribution in [0.2, 0.25) is 0 Å². The van der Waals surface area contributed by atoms with E-state index in [9.17, 15) is 8.42 Å². The van der Waals surface area contributed by atoms with Gasteiger partial charge in [-0.25, -0.2) is 12.7 Å². The summed E-state index contributed by atoms with van der Waals surface area (Å²) in [5.74, 6) is 0.768. The number of hydrogen-bond donors (Lipinski definition) is 0. The Hall–Kier alpha value is -1.11. The molecule has 0 radical (unpaired) electrons. The van der Waals surface area contributed by atoms with E-state index in [1.807, 2.05) is 32.8 Å². The fourth-order valence-corrected chi connectivity index (χ4v) is 2.90. The molecule has 0 aromatic heterocycles. The van der Waals surface area contributed by atoms with Gasteiger partial charge < -0.3 is 9.64 Å². The molecule has 0 spiro atoms. The highest BCUT2D eigenvalue weighted by molar-refractivity contribution is 7.89. The standard InChI is InChI=1S/C14H24N2O3S/c1-11-9-13(20(17,18)16(5)6)10-12(2)14(11)19-8-7-15(3)4/h9-10H,7-8H2,1-6H3. The zero-order valence-corrected chi connectivity index (χ0v) is 13.9. The molecule has 20 heavy (non-hydrogen) atoms. The molecule has 0 fully saturated rings. The maximum atomic E-state index is 12.1. The minimum atomic E-state index is -3.40. The third kappa shape index (κ3) is 3.94. The summed E-state index contributed by atoms with van der Waals surface area (Å²) in [5, 5.41) is 0. The van der Waals surface area contributed by atoms with Gasteiger partial charge in [0.25, 0.3) is 0 Å². The monoisotopic (exact) mass is 300 g/mol. The van der Waals surface area contributed by atoms with Gasteiger partial charge >= 0.3 is 0 Å². The average Bonchev–Trinajstić information content (AvgIpc) is 2.31. The molecular formula is C14H24N2O3S. The van der Waals surface area contributed by atoms with Gasteiger partial charge in [0.15, 0.2) is 0 Å². The maximum Gasteiger partial charge on any atom is 0.242 e. The predicted octanol–water partition coefficient (Wildman–Crippen LogP) is 1.49. The fraction of sp³-hybridized carbons (Fsp3) is 0.571. The van der Waals surface area contributed by atoms with Crippen molar-refractivity contribution in [3.05, 3.63) is 23.3 Å². The van der Waals surface area contributed by atoms with Gasteiger partial charge in [0, 0.05) is 20.6 Å². The average molecular weight is 300 g/mol. The first-order chi connectivity index (χ1) is 9.16. The Bertz CT molecular complexity index is 543. The Balaban J connectivity index is 3.04. The van der Waals surface area contributed by atoms with Crippen molar-refractivity contribution in [2.75, 3.05) is 41.3 Å². The van der Waals surface area contributed by atoms with Crippen LogP contribution < -0.4 is 4.74 Å². The van der Waals surface area contributed by atoms with E-state index < -0.39 is 10.0 Å². The van der Waals surface area contributed by atoms with Crippen molar-refractivity contribution in [1.29, 1.82) is 0 Å². The lowest BCUT2D eigenvalue weighted by Gasteiger charge is -2.17. The first-order valence-electron chi connectivity index (χ1n) is 6.47. The molecule has 1 aromatic rings. The van der Waals surface area contributed by atoms with Gasteiger partial charge in [-0.05, 0) is 51.2 Å². The third-order valence-corrected chi connectivity index (χ3v) is 4.79. The third-order valence-electron chi connectivity index (χ3n) is 3.00. The summed E-state index contributed by atoms with van der Waals surface area (Å²) >= 11 is 0. The second-order valence-corrected chi connectivity index (χ2v) is 7.48. The highest BCUT2D eigenvalue weighted by Gasteiger charge is 2.19. The first kappa shape index (κ1) is 16.9. The Labute approximate surface area is 122 Å². The van der Waals surface area contributed by atoms with Crippen LogP contribution in [0.5, 0.6) is 5.75 Å². The second kappa shape index (κ2) is 6.56. The summed E-state index contributed by atoms with van der Waals surface area (Å²) in [6.07, 6.45) is 0. The van der Waals surface area contributed by atoms with Crippen LogP contribution in [0.1, 0.15) is 11.1 Å². The lowest BCUT2D eigenvalue weighted by molar-refractivity contribution is 0.258. The van der Waals surface area contributed by atoms with Crippen LogP contribution in [-0.2, 0) is 10.0 Å². The Morgan fingerprint density at radius 3 is 1.95 bits per heavy atom. The molecule has 0 heterocycles. The summed E-state index contributed by atoms with van der Waals surface area (Å²) in [5.41, 5.74) is 1.67. The first-order valence-corrected chi connectivity index (χ1v) is 7.91. The van der Waals surface area contributed by atoms with Crippen molar-refractivity contribution >= 4 is 10.0 Å². The summed E-state index contributed by atoms with van der Waals surface area (Å²) in [4.78, 5) is 2.34. The van der Waals surface area contributed by atoms with E-state index in [1.165, 1.54) is 18.4 Å². The van der Waals surface area contributed by atoms with Crippen LogP contribution in [-0.4, -0.2) is 59.0 Å². The van der Waals surface area contributed by atoms with Crippen molar-refractivity contribution in [2.45, 2.75) is 18.7 Å². The lowest BCUT2D eigenvalue weighted by atomic mass is 10.1. The molecule has 0 saturated carbocycles. The topological polar surface area (TPSA) is 49.9 Å². The quantitative estimate of drug-likeness (QED) is 0.799. The molecule has 0 N–H and O–H groups in total. The van der Waals surface area contributed by atoms with Crippen molar-refractivity contribution in [3.63, 3.8) is 0 Å². The SMILES string of the molecule is Cc1cc(S(=O)(=O)N(C)C)cc(C)c1OCCN(C)C. The van der Waals surface area contributed by atoms with Gasteiger partial charge in [0.2, 0.25) is 10.0 Å². The Morgan fingerprint density at radius 2 is 1.55 bits per heavy atom. The minimum Gasteiger partial charge on any atom is -0.492 e. The number of likely N-dealkylation sites (N-methyl/N-ethyl adjacent to an activating group) is 1. The molecule has 0 aliphatic carbocycles. The van der Waals surface area contributed by atoms with E-state index in [-0.39, 0.29) is 0 Å². The Kier molecular flexibility index (Phi) is 5.56. The second-order valence-electron chi connectivity index (χ2n) is 5.33. The molecule has 1 rings (SSSR count). The molecule has 0 aliphatic heterocycles. The fourth-order valence-electron chi connectivity index (χ4n) is 1.83. The molecule has 0 bridgehead atoms. The predicted molar refractivity (Wildman–Crippen MR) is 80.8 cm³/mol. The van der Waals surface area contributed by atoms with Gasteiger partial charge in [-0.3, -0.25) is 0 Å². The molecule has 6 heteroatoms. The van der Waals surface area contributed by atoms with Gasteiger partial charge in [0.1, 0.15) is 12.4 Å². The summed E-state index contributed by atoms with van der Waals surface area (Å²) < 4.78 is 31.2. The number of aryl methyl sites for hydroxylation is 2. The van der Waals surface area contributed by atoms with Crippen LogP contribution in [0, 0.1) is 13.8 Å². The normalized spacial score (nSPS) is 12.2. The Morgan fingerprint density at radius 1 is 1.05 bits per heavy atom. The van der Waals surface area contributed by atoms with Crippen molar-refractivity contribution in [1.82, 2.24) is 9.21 Å². The van der Waals surface area contributed by atoms with Crippen LogP contribution >= 0.6 is 0 Å². The highest BCUT2D eigenvalue weighted by atomic mass is 32.2. The summed E-state index contributed by atoms with van der Waals surface area (Å²) in [6.45, 7) is 5.13. The molecule has 114 valence electrons. The van der Waals surface area contributed by atoms with E-state index in [4.69, 9.17) is 4.74 Å². The van der Waals surface area contributed by atoms with Gasteiger partial charge in [-0.1, -0.05) is 0 Å². The van der Waals surface area contributed by atoms with Gasteiger partial charge in [-0.15, -0.1) is 0 Å². The lowest BCUT2D eigenvalue weighted by Crippen LogP contribution is -2.23. The number of benzene rings is 1. The number of sulfonamides is 1. The molecule has 0 saturated heterocycles. The van der Waals surface area contributed by atoms with E-state index >= 15 is 0 Å². The van der Waals surface area contributed by atoms with Crippen LogP contribution in [0.25, 0.3) is 0 Å². The number of nitrogens with zero attached hydrogens (tertiary/aromatic N) is 2. The van der Waals surface area contributed by atoms with Gasteiger partial charge in [0.05, 0.1) is 4.90 Å². The van der Waals surface area contributed by atoms with Crippen molar-refractivity contribution in [3.8, 4) is 5.75 Å². The van der Waals surface area contributed by atoms with E-state index in [0.717, 1.165) is 23.4 Å². The van der Waals surface area contributed by atoms with E-state index in [0.29, 0.717) is 11.5 Å². The zero-order valence-electron chi connectivity index (χ0n) is 13.1. The highest BCUT2D eigenvalue weighted by Crippen LogP contribution is 2.27. The zero-order chi connectivity index (χ0) is 15.5. The molecule has 0 atom stereocenters. The van der Waals surface area contributed by atoms with Crippen LogP contribution in [0.3, 0.4) is 0 Å². The molecule has 0 amide bonds. The van der Waals surface area contributed by atoms with E-state index in [2.05, 4.69) is 0 Å². The van der Waals surface area contributed by atoms with Crippen molar-refractivity contribution in [2.24, 2.45) is 0 Å². The molecule has 1 aromatic carbocycles. The van der Waals surface area contributed by atoms with Crippen LogP contribution in [0.4, 0.5) is 0 Å². The number of hydrogen-bond acceptors (Lipinski definition) is 4. The molecule has 0 aliphatic rings. The summed E-state index contributed by atoms with van der Waals surface area (Å²) in [7, 11) is 3.62. The summed E-state index contributed by atoms with van der Waals surface area (Å²) in [6, 6.07) is 3.32. The minimum absolute atomic E-state index is 0.303. The maximum absolute atomic E-state index is 12.1. The van der Waals surface area contributed by atoms with E-state index in [1.54, 1.807) is 12.1 Å². The smallest absolute Gasteiger partial charge is 0.242 e. The number of rotatable bonds is 6. The molecule has 0 unspecified atom stereocenters. The van der Waals surface area contributed by atoms with Gasteiger partial charge in [-0.2, -0.15) is 0 Å². The molecular weight excluding hydrogens is 276 g/mol. The number of ether oxygens (including phenoxy) is 1. The largest absolute Gasteiger partial charge is 0.492 e.